The number of piperazine rings is 1. The van der Waals surface area contributed by atoms with E-state index in [4.69, 9.17) is 14.7 Å². The molecule has 2 N–H and O–H groups in total. The highest BCUT2D eigenvalue weighted by atomic mass is 32.1. The van der Waals surface area contributed by atoms with E-state index in [2.05, 4.69) is 0 Å². The van der Waals surface area contributed by atoms with Crippen LogP contribution in [0.15, 0.2) is 47.9 Å². The second-order valence-corrected chi connectivity index (χ2v) is 7.70. The molecular weight excluding hydrogens is 422 g/mol. The van der Waals surface area contributed by atoms with Crippen LogP contribution in [0.4, 0.5) is 4.79 Å². The van der Waals surface area contributed by atoms with Crippen molar-refractivity contribution in [2.45, 2.75) is 6.61 Å². The molecule has 0 atom stereocenters. The summed E-state index contributed by atoms with van der Waals surface area (Å²) >= 11 is 1.53. The van der Waals surface area contributed by atoms with Gasteiger partial charge in [0.1, 0.15) is 12.4 Å². The Morgan fingerprint density at radius 2 is 1.77 bits per heavy atom. The van der Waals surface area contributed by atoms with Gasteiger partial charge >= 0.3 is 6.09 Å². The molecule has 164 valence electrons. The second kappa shape index (κ2) is 11.1. The number of rotatable bonds is 7. The zero-order chi connectivity index (χ0) is 22.1. The van der Waals surface area contributed by atoms with Crippen molar-refractivity contribution < 1.29 is 29.1 Å². The van der Waals surface area contributed by atoms with Crippen molar-refractivity contribution in [3.8, 4) is 5.75 Å². The van der Waals surface area contributed by atoms with Gasteiger partial charge in [0.25, 0.3) is 11.8 Å². The molecule has 1 aliphatic rings. The third kappa shape index (κ3) is 6.83. The minimum atomic E-state index is -0.623. The van der Waals surface area contributed by atoms with E-state index in [9.17, 15) is 14.4 Å². The molecule has 0 spiro atoms. The first kappa shape index (κ1) is 22.3. The van der Waals surface area contributed by atoms with Gasteiger partial charge in [-0.3, -0.25) is 14.8 Å². The Morgan fingerprint density at radius 3 is 2.42 bits per heavy atom. The average molecular weight is 445 g/mol. The number of benzene rings is 1. The Bertz CT molecular complexity index is 906. The van der Waals surface area contributed by atoms with Gasteiger partial charge in [0.2, 0.25) is 0 Å². The van der Waals surface area contributed by atoms with E-state index >= 15 is 0 Å². The number of hydroxylamine groups is 1. The van der Waals surface area contributed by atoms with Crippen molar-refractivity contribution in [2.75, 3.05) is 32.8 Å². The van der Waals surface area contributed by atoms with E-state index in [0.717, 1.165) is 10.4 Å². The summed E-state index contributed by atoms with van der Waals surface area (Å²) in [7, 11) is 0. The predicted octanol–water partition coefficient (Wildman–Crippen LogP) is 2.13. The summed E-state index contributed by atoms with van der Waals surface area (Å²) in [4.78, 5) is 39.8. The molecule has 0 bridgehead atoms. The van der Waals surface area contributed by atoms with Gasteiger partial charge in [-0.15, -0.1) is 11.3 Å². The minimum absolute atomic E-state index is 0.106. The summed E-state index contributed by atoms with van der Waals surface area (Å²) in [6, 6.07) is 10.6. The zero-order valence-electron chi connectivity index (χ0n) is 16.7. The van der Waals surface area contributed by atoms with E-state index in [1.807, 2.05) is 17.5 Å². The largest absolute Gasteiger partial charge is 0.484 e. The predicted molar refractivity (Wildman–Crippen MR) is 114 cm³/mol. The first-order valence-electron chi connectivity index (χ1n) is 9.62. The van der Waals surface area contributed by atoms with E-state index in [-0.39, 0.29) is 25.2 Å². The van der Waals surface area contributed by atoms with Crippen molar-refractivity contribution in [1.29, 1.82) is 0 Å². The van der Waals surface area contributed by atoms with Crippen LogP contribution in [-0.2, 0) is 20.9 Å². The van der Waals surface area contributed by atoms with Crippen LogP contribution in [0.3, 0.4) is 0 Å². The molecule has 2 aromatic rings. The quantitative estimate of drug-likeness (QED) is 0.384. The van der Waals surface area contributed by atoms with E-state index < -0.39 is 5.91 Å². The molecule has 0 saturated carbocycles. The molecule has 9 nitrogen and oxygen atoms in total. The number of amides is 3. The Kier molecular flexibility index (Phi) is 8.02. The number of nitrogens with one attached hydrogen (secondary N) is 1. The smallest absolute Gasteiger partial charge is 0.410 e. The van der Waals surface area contributed by atoms with Crippen LogP contribution in [0.2, 0.25) is 0 Å². The van der Waals surface area contributed by atoms with Gasteiger partial charge in [-0.2, -0.15) is 0 Å². The number of carbonyl (C=O) groups is 3. The molecule has 1 aliphatic heterocycles. The highest BCUT2D eigenvalue weighted by Gasteiger charge is 2.25. The van der Waals surface area contributed by atoms with Gasteiger partial charge in [0.05, 0.1) is 0 Å². The molecule has 1 saturated heterocycles. The molecule has 31 heavy (non-hydrogen) atoms. The lowest BCUT2D eigenvalue weighted by atomic mass is 10.2. The number of hydrogen-bond donors (Lipinski definition) is 2. The fourth-order valence-corrected chi connectivity index (χ4v) is 3.49. The Balaban J connectivity index is 1.38. The fraction of sp³-hybridized carbons (Fsp3) is 0.286. The minimum Gasteiger partial charge on any atom is -0.484 e. The molecule has 1 aromatic carbocycles. The third-order valence-electron chi connectivity index (χ3n) is 4.59. The number of carbonyl (C=O) groups excluding carboxylic acids is 3. The number of thiophene rings is 1. The summed E-state index contributed by atoms with van der Waals surface area (Å²) < 4.78 is 10.8. The first-order chi connectivity index (χ1) is 15.0. The Morgan fingerprint density at radius 1 is 1.06 bits per heavy atom. The van der Waals surface area contributed by atoms with Crippen LogP contribution in [0.1, 0.15) is 10.4 Å². The molecule has 10 heteroatoms. The number of hydrogen-bond acceptors (Lipinski definition) is 7. The van der Waals surface area contributed by atoms with Crippen LogP contribution in [0, 0.1) is 0 Å². The number of ether oxygens (including phenoxy) is 2. The number of nitrogens with zero attached hydrogens (tertiary/aromatic N) is 2. The third-order valence-corrected chi connectivity index (χ3v) is 5.44. The van der Waals surface area contributed by atoms with Crippen molar-refractivity contribution in [1.82, 2.24) is 15.3 Å². The topological polar surface area (TPSA) is 108 Å². The summed E-state index contributed by atoms with van der Waals surface area (Å²) in [6.07, 6.45) is 2.35. The van der Waals surface area contributed by atoms with Crippen LogP contribution in [0.25, 0.3) is 6.08 Å². The summed E-state index contributed by atoms with van der Waals surface area (Å²) in [5.74, 6) is -0.259. The van der Waals surface area contributed by atoms with Crippen LogP contribution in [-0.4, -0.2) is 65.7 Å². The van der Waals surface area contributed by atoms with E-state index in [1.54, 1.807) is 34.1 Å². The van der Waals surface area contributed by atoms with Gasteiger partial charge in [0.15, 0.2) is 6.61 Å². The lowest BCUT2D eigenvalue weighted by Gasteiger charge is -2.34. The van der Waals surface area contributed by atoms with Gasteiger partial charge in [-0.25, -0.2) is 10.3 Å². The van der Waals surface area contributed by atoms with Gasteiger partial charge in [-0.05, 0) is 35.2 Å². The van der Waals surface area contributed by atoms with Crippen molar-refractivity contribution >= 4 is 35.3 Å². The standard InChI is InChI=1S/C21H23N3O6S/c25-19(22-28)8-5-16-3-6-17(7-4-16)29-15-20(26)23-9-11-24(12-10-23)21(27)30-14-18-2-1-13-31-18/h1-8,13,28H,9-12,14-15H2,(H,22,25)/b8-5+. The fourth-order valence-electron chi connectivity index (χ4n) is 2.88. The maximum Gasteiger partial charge on any atom is 0.410 e. The van der Waals surface area contributed by atoms with Crippen molar-refractivity contribution in [3.63, 3.8) is 0 Å². The second-order valence-electron chi connectivity index (χ2n) is 6.67. The molecule has 2 heterocycles. The lowest BCUT2D eigenvalue weighted by Crippen LogP contribution is -2.51. The first-order valence-corrected chi connectivity index (χ1v) is 10.5. The molecule has 0 aliphatic carbocycles. The highest BCUT2D eigenvalue weighted by molar-refractivity contribution is 7.09. The van der Waals surface area contributed by atoms with Crippen LogP contribution >= 0.6 is 11.3 Å². The zero-order valence-corrected chi connectivity index (χ0v) is 17.5. The molecule has 3 amide bonds. The average Bonchev–Trinajstić information content (AvgIpc) is 3.34. The molecule has 1 aromatic heterocycles. The molecule has 0 unspecified atom stereocenters. The van der Waals surface area contributed by atoms with Gasteiger partial charge in [-0.1, -0.05) is 18.2 Å². The van der Waals surface area contributed by atoms with Crippen LogP contribution in [0.5, 0.6) is 5.75 Å². The Hall–Kier alpha value is -3.37. The normalized spacial score (nSPS) is 13.8. The van der Waals surface area contributed by atoms with Gasteiger partial charge < -0.3 is 19.3 Å². The molecule has 3 rings (SSSR count). The van der Waals surface area contributed by atoms with Crippen LogP contribution < -0.4 is 10.2 Å². The van der Waals surface area contributed by atoms with E-state index in [1.165, 1.54) is 29.0 Å². The van der Waals surface area contributed by atoms with Crippen molar-refractivity contribution in [2.24, 2.45) is 0 Å². The lowest BCUT2D eigenvalue weighted by molar-refractivity contribution is -0.135. The monoisotopic (exact) mass is 445 g/mol. The SMILES string of the molecule is O=C(/C=C/c1ccc(OCC(=O)N2CCN(C(=O)OCc3cccs3)CC2)cc1)NO. The molecule has 1 fully saturated rings. The van der Waals surface area contributed by atoms with Gasteiger partial charge in [0, 0.05) is 37.1 Å². The van der Waals surface area contributed by atoms with Crippen molar-refractivity contribution in [3.05, 3.63) is 58.3 Å². The molecular formula is C21H23N3O6S. The molecule has 0 radical (unpaired) electrons. The highest BCUT2D eigenvalue weighted by Crippen LogP contribution is 2.14. The summed E-state index contributed by atoms with van der Waals surface area (Å²) in [5.41, 5.74) is 2.25. The maximum atomic E-state index is 12.4. The summed E-state index contributed by atoms with van der Waals surface area (Å²) in [6.45, 7) is 1.83. The Labute approximate surface area is 183 Å². The summed E-state index contributed by atoms with van der Waals surface area (Å²) in [5, 5.41) is 10.4. The van der Waals surface area contributed by atoms with E-state index in [0.29, 0.717) is 31.9 Å². The maximum absolute atomic E-state index is 12.4.